The van der Waals surface area contributed by atoms with Gasteiger partial charge in [0, 0.05) is 18.7 Å². The Hall–Kier alpha value is -1.95. The zero-order chi connectivity index (χ0) is 13.9. The summed E-state index contributed by atoms with van der Waals surface area (Å²) in [4.78, 5) is 0. The molecule has 1 aromatic carbocycles. The molecule has 1 N–H and O–H groups in total. The first kappa shape index (κ1) is 13.1. The molecule has 3 rings (SSSR count). The number of nitrogens with zero attached hydrogens (tertiary/aromatic N) is 2. The summed E-state index contributed by atoms with van der Waals surface area (Å²) in [6, 6.07) is 5.27. The first-order valence-electron chi connectivity index (χ1n) is 6.66. The predicted molar refractivity (Wildman–Crippen MR) is 70.7 cm³/mol. The Morgan fingerprint density at radius 2 is 2.30 bits per heavy atom. The van der Waals surface area contributed by atoms with Gasteiger partial charge in [0.2, 0.25) is 5.89 Å². The average molecular weight is 277 g/mol. The first-order valence-corrected chi connectivity index (χ1v) is 6.66. The number of ether oxygens (including phenoxy) is 1. The highest BCUT2D eigenvalue weighted by Crippen LogP contribution is 2.28. The Morgan fingerprint density at radius 1 is 1.40 bits per heavy atom. The Bertz CT molecular complexity index is 594. The average Bonchev–Trinajstić information content (AvgIpc) is 3.09. The Kier molecular flexibility index (Phi) is 3.64. The summed E-state index contributed by atoms with van der Waals surface area (Å²) in [7, 11) is 0. The van der Waals surface area contributed by atoms with Gasteiger partial charge in [-0.3, -0.25) is 0 Å². The van der Waals surface area contributed by atoms with Crippen LogP contribution in [0.25, 0.3) is 0 Å². The molecule has 0 amide bonds. The molecule has 2 aromatic rings. The SMILES string of the molecule is Cc1ccc(F)c(CNc2nnc([C@H]3CCCO3)o2)c1. The third-order valence-corrected chi connectivity index (χ3v) is 3.28. The van der Waals surface area contributed by atoms with Crippen molar-refractivity contribution in [3.63, 3.8) is 0 Å². The van der Waals surface area contributed by atoms with Gasteiger partial charge < -0.3 is 14.5 Å². The lowest BCUT2D eigenvalue weighted by Crippen LogP contribution is -2.02. The molecule has 1 aliphatic heterocycles. The second kappa shape index (κ2) is 5.58. The van der Waals surface area contributed by atoms with Crippen LogP contribution in [-0.4, -0.2) is 16.8 Å². The normalized spacial score (nSPS) is 18.4. The van der Waals surface area contributed by atoms with E-state index in [0.29, 0.717) is 18.0 Å². The maximum absolute atomic E-state index is 13.6. The number of nitrogens with one attached hydrogen (secondary N) is 1. The largest absolute Gasteiger partial charge is 0.405 e. The molecule has 1 saturated heterocycles. The standard InChI is InChI=1S/C14H16FN3O2/c1-9-4-5-11(15)10(7-9)8-16-14-18-17-13(20-14)12-3-2-6-19-12/h4-5,7,12H,2-3,6,8H2,1H3,(H,16,18)/t12-/m1/s1. The van der Waals surface area contributed by atoms with Gasteiger partial charge >= 0.3 is 6.01 Å². The molecule has 106 valence electrons. The summed E-state index contributed by atoms with van der Waals surface area (Å²) in [5.41, 5.74) is 1.58. The molecule has 1 fully saturated rings. The van der Waals surface area contributed by atoms with Crippen molar-refractivity contribution in [2.24, 2.45) is 0 Å². The molecule has 0 spiro atoms. The molecular weight excluding hydrogens is 261 g/mol. The van der Waals surface area contributed by atoms with E-state index in [2.05, 4.69) is 15.5 Å². The molecule has 0 unspecified atom stereocenters. The summed E-state index contributed by atoms with van der Waals surface area (Å²) < 4.78 is 24.5. The van der Waals surface area contributed by atoms with E-state index in [9.17, 15) is 4.39 Å². The maximum Gasteiger partial charge on any atom is 0.315 e. The van der Waals surface area contributed by atoms with Gasteiger partial charge in [0.25, 0.3) is 0 Å². The van der Waals surface area contributed by atoms with Crippen molar-refractivity contribution in [2.45, 2.75) is 32.4 Å². The van der Waals surface area contributed by atoms with Crippen LogP contribution in [0.4, 0.5) is 10.4 Å². The minimum atomic E-state index is -0.248. The van der Waals surface area contributed by atoms with Crippen molar-refractivity contribution >= 4 is 6.01 Å². The van der Waals surface area contributed by atoms with Crippen molar-refractivity contribution in [1.82, 2.24) is 10.2 Å². The number of rotatable bonds is 4. The predicted octanol–water partition coefficient (Wildman–Crippen LogP) is 2.98. The fourth-order valence-corrected chi connectivity index (χ4v) is 2.22. The van der Waals surface area contributed by atoms with Crippen LogP contribution in [0.2, 0.25) is 0 Å². The molecule has 1 aliphatic rings. The second-order valence-corrected chi connectivity index (χ2v) is 4.90. The fourth-order valence-electron chi connectivity index (χ4n) is 2.22. The van der Waals surface area contributed by atoms with E-state index in [4.69, 9.17) is 9.15 Å². The molecule has 5 nitrogen and oxygen atoms in total. The van der Waals surface area contributed by atoms with E-state index >= 15 is 0 Å². The van der Waals surface area contributed by atoms with Crippen LogP contribution in [0, 0.1) is 12.7 Å². The van der Waals surface area contributed by atoms with Gasteiger partial charge in [-0.2, -0.15) is 0 Å². The molecule has 1 aromatic heterocycles. The number of aromatic nitrogens is 2. The summed E-state index contributed by atoms with van der Waals surface area (Å²) in [6.07, 6.45) is 1.80. The topological polar surface area (TPSA) is 60.2 Å². The van der Waals surface area contributed by atoms with Gasteiger partial charge in [0.1, 0.15) is 11.9 Å². The molecule has 0 bridgehead atoms. The van der Waals surface area contributed by atoms with E-state index in [1.807, 2.05) is 6.92 Å². The van der Waals surface area contributed by atoms with Gasteiger partial charge in [-0.25, -0.2) is 4.39 Å². The first-order chi connectivity index (χ1) is 9.72. The van der Waals surface area contributed by atoms with Crippen LogP contribution >= 0.6 is 0 Å². The molecular formula is C14H16FN3O2. The smallest absolute Gasteiger partial charge is 0.315 e. The summed E-state index contributed by atoms with van der Waals surface area (Å²) in [6.45, 7) is 2.95. The number of hydrogen-bond acceptors (Lipinski definition) is 5. The highest BCUT2D eigenvalue weighted by molar-refractivity contribution is 5.28. The third kappa shape index (κ3) is 2.80. The molecule has 1 atom stereocenters. The van der Waals surface area contributed by atoms with E-state index in [-0.39, 0.29) is 17.9 Å². The Balaban J connectivity index is 1.64. The summed E-state index contributed by atoms with van der Waals surface area (Å²) >= 11 is 0. The van der Waals surface area contributed by atoms with E-state index in [1.165, 1.54) is 6.07 Å². The molecule has 6 heteroatoms. The van der Waals surface area contributed by atoms with Crippen molar-refractivity contribution in [2.75, 3.05) is 11.9 Å². The van der Waals surface area contributed by atoms with E-state index in [0.717, 1.165) is 25.0 Å². The van der Waals surface area contributed by atoms with Gasteiger partial charge in [0.15, 0.2) is 0 Å². The second-order valence-electron chi connectivity index (χ2n) is 4.90. The number of aryl methyl sites for hydroxylation is 1. The quantitative estimate of drug-likeness (QED) is 0.931. The Labute approximate surface area is 116 Å². The van der Waals surface area contributed by atoms with Gasteiger partial charge in [-0.05, 0) is 25.8 Å². The molecule has 20 heavy (non-hydrogen) atoms. The minimum Gasteiger partial charge on any atom is -0.405 e. The zero-order valence-electron chi connectivity index (χ0n) is 11.2. The number of benzene rings is 1. The van der Waals surface area contributed by atoms with Crippen LogP contribution in [0.15, 0.2) is 22.6 Å². The van der Waals surface area contributed by atoms with Crippen molar-refractivity contribution in [3.8, 4) is 0 Å². The van der Waals surface area contributed by atoms with Crippen molar-refractivity contribution in [1.29, 1.82) is 0 Å². The van der Waals surface area contributed by atoms with Crippen LogP contribution in [0.1, 0.15) is 36.0 Å². The lowest BCUT2D eigenvalue weighted by atomic mass is 10.1. The van der Waals surface area contributed by atoms with Gasteiger partial charge in [-0.1, -0.05) is 22.8 Å². The van der Waals surface area contributed by atoms with Crippen LogP contribution in [0.5, 0.6) is 0 Å². The van der Waals surface area contributed by atoms with Crippen molar-refractivity contribution in [3.05, 3.63) is 41.0 Å². The highest BCUT2D eigenvalue weighted by atomic mass is 19.1. The monoisotopic (exact) mass is 277 g/mol. The summed E-state index contributed by atoms with van der Waals surface area (Å²) in [5, 5.41) is 10.8. The van der Waals surface area contributed by atoms with Crippen LogP contribution < -0.4 is 5.32 Å². The molecule has 0 saturated carbocycles. The van der Waals surface area contributed by atoms with Crippen molar-refractivity contribution < 1.29 is 13.5 Å². The lowest BCUT2D eigenvalue weighted by Gasteiger charge is -2.05. The number of anilines is 1. The van der Waals surface area contributed by atoms with E-state index in [1.54, 1.807) is 12.1 Å². The van der Waals surface area contributed by atoms with Gasteiger partial charge in [-0.15, -0.1) is 5.10 Å². The lowest BCUT2D eigenvalue weighted by molar-refractivity contribution is 0.0897. The van der Waals surface area contributed by atoms with E-state index < -0.39 is 0 Å². The molecule has 0 radical (unpaired) electrons. The fraction of sp³-hybridized carbons (Fsp3) is 0.429. The molecule has 0 aliphatic carbocycles. The zero-order valence-corrected chi connectivity index (χ0v) is 11.2. The molecule has 2 heterocycles. The van der Waals surface area contributed by atoms with Crippen LogP contribution in [-0.2, 0) is 11.3 Å². The maximum atomic E-state index is 13.6. The summed E-state index contributed by atoms with van der Waals surface area (Å²) in [5.74, 6) is 0.233. The number of halogens is 1. The van der Waals surface area contributed by atoms with Crippen LogP contribution in [0.3, 0.4) is 0 Å². The Morgan fingerprint density at radius 3 is 3.10 bits per heavy atom. The van der Waals surface area contributed by atoms with Gasteiger partial charge in [0.05, 0.1) is 0 Å². The number of hydrogen-bond donors (Lipinski definition) is 1. The third-order valence-electron chi connectivity index (χ3n) is 3.28. The highest BCUT2D eigenvalue weighted by Gasteiger charge is 2.23. The minimum absolute atomic E-state index is 0.103.